The molecule has 1 aromatic rings. The van der Waals surface area contributed by atoms with Gasteiger partial charge >= 0.3 is 11.9 Å². The maximum atomic E-state index is 12.8. The van der Waals surface area contributed by atoms with E-state index in [9.17, 15) is 14.4 Å². The molecule has 0 radical (unpaired) electrons. The number of allylic oxidation sites excluding steroid dienone is 1. The number of H-pyrrole nitrogens is 1. The van der Waals surface area contributed by atoms with Crippen molar-refractivity contribution in [2.24, 2.45) is 11.8 Å². The van der Waals surface area contributed by atoms with Crippen LogP contribution in [-0.2, 0) is 25.5 Å². The molecule has 2 unspecified atom stereocenters. The van der Waals surface area contributed by atoms with E-state index in [4.69, 9.17) is 9.47 Å². The number of carbonyl (C=O) groups is 3. The molecule has 7 nitrogen and oxygen atoms in total. The first-order chi connectivity index (χ1) is 14.5. The van der Waals surface area contributed by atoms with Crippen molar-refractivity contribution < 1.29 is 23.9 Å². The van der Waals surface area contributed by atoms with Crippen LogP contribution in [0.5, 0.6) is 0 Å². The van der Waals surface area contributed by atoms with E-state index in [0.29, 0.717) is 23.4 Å². The molecule has 31 heavy (non-hydrogen) atoms. The van der Waals surface area contributed by atoms with Crippen molar-refractivity contribution in [3.05, 3.63) is 40.9 Å². The second-order valence-electron chi connectivity index (χ2n) is 8.88. The number of aromatic nitrogens is 1. The van der Waals surface area contributed by atoms with E-state index in [1.807, 2.05) is 26.8 Å². The molecule has 0 aromatic carbocycles. The first-order valence-electron chi connectivity index (χ1n) is 10.7. The Kier molecular flexibility index (Phi) is 7.87. The van der Waals surface area contributed by atoms with Crippen LogP contribution in [0.4, 0.5) is 0 Å². The number of amides is 1. The number of nitrogens with one attached hydrogen (secondary N) is 2. The number of ether oxygens (including phenoxy) is 2. The smallest absolute Gasteiger partial charge is 0.355 e. The lowest BCUT2D eigenvalue weighted by atomic mass is 9.92. The van der Waals surface area contributed by atoms with Crippen LogP contribution in [0.3, 0.4) is 0 Å². The fraction of sp³-hybridized carbons (Fsp3) is 0.542. The van der Waals surface area contributed by atoms with E-state index >= 15 is 0 Å². The molecule has 2 heterocycles. The summed E-state index contributed by atoms with van der Waals surface area (Å²) >= 11 is 0. The van der Waals surface area contributed by atoms with Crippen LogP contribution in [0.15, 0.2) is 18.4 Å². The molecule has 2 rings (SSSR count). The highest BCUT2D eigenvalue weighted by atomic mass is 16.6. The number of esters is 2. The maximum Gasteiger partial charge on any atom is 0.355 e. The summed E-state index contributed by atoms with van der Waals surface area (Å²) in [6, 6.07) is 0. The van der Waals surface area contributed by atoms with Crippen molar-refractivity contribution in [2.45, 2.75) is 66.4 Å². The number of hydrogen-bond donors (Lipinski definition) is 2. The second-order valence-corrected chi connectivity index (χ2v) is 8.88. The summed E-state index contributed by atoms with van der Waals surface area (Å²) in [5, 5.41) is 2.95. The quantitative estimate of drug-likeness (QED) is 0.479. The third-order valence-electron chi connectivity index (χ3n) is 5.40. The Morgan fingerprint density at radius 3 is 2.48 bits per heavy atom. The number of aromatic amines is 1. The van der Waals surface area contributed by atoms with Crippen LogP contribution in [0, 0.1) is 18.8 Å². The highest BCUT2D eigenvalue weighted by Crippen LogP contribution is 2.31. The summed E-state index contributed by atoms with van der Waals surface area (Å²) in [7, 11) is 0. The van der Waals surface area contributed by atoms with Crippen molar-refractivity contribution in [1.82, 2.24) is 10.3 Å². The molecule has 2 atom stereocenters. The van der Waals surface area contributed by atoms with Crippen LogP contribution < -0.4 is 5.32 Å². The van der Waals surface area contributed by atoms with Gasteiger partial charge in [0.05, 0.1) is 0 Å². The van der Waals surface area contributed by atoms with Crippen LogP contribution in [0.1, 0.15) is 74.8 Å². The molecule has 0 saturated carbocycles. The second kappa shape index (κ2) is 9.98. The van der Waals surface area contributed by atoms with Gasteiger partial charge in [0.2, 0.25) is 5.91 Å². The van der Waals surface area contributed by atoms with Gasteiger partial charge < -0.3 is 19.8 Å². The van der Waals surface area contributed by atoms with E-state index in [1.54, 1.807) is 20.8 Å². The molecule has 1 fully saturated rings. The minimum atomic E-state index is -0.656. The van der Waals surface area contributed by atoms with Gasteiger partial charge in [0.15, 0.2) is 0 Å². The minimum Gasteiger partial charge on any atom is -0.461 e. The fourth-order valence-electron chi connectivity index (χ4n) is 3.72. The normalized spacial score (nSPS) is 19.9. The summed E-state index contributed by atoms with van der Waals surface area (Å²) in [4.78, 5) is 40.2. The molecule has 0 bridgehead atoms. The zero-order valence-electron chi connectivity index (χ0n) is 19.4. The maximum absolute atomic E-state index is 12.8. The van der Waals surface area contributed by atoms with E-state index < -0.39 is 11.6 Å². The monoisotopic (exact) mass is 430 g/mol. The molecule has 1 saturated heterocycles. The van der Waals surface area contributed by atoms with Gasteiger partial charge in [-0.15, -0.1) is 0 Å². The van der Waals surface area contributed by atoms with Crippen molar-refractivity contribution in [2.75, 3.05) is 6.61 Å². The molecule has 1 aliphatic rings. The summed E-state index contributed by atoms with van der Waals surface area (Å²) in [5.74, 6) is -0.834. The average Bonchev–Trinajstić information content (AvgIpc) is 3.13. The predicted molar refractivity (Wildman–Crippen MR) is 119 cm³/mol. The predicted octanol–water partition coefficient (Wildman–Crippen LogP) is 4.07. The van der Waals surface area contributed by atoms with E-state index in [2.05, 4.69) is 16.9 Å². The Bertz CT molecular complexity index is 889. The van der Waals surface area contributed by atoms with Crippen LogP contribution >= 0.6 is 0 Å². The molecule has 1 aromatic heterocycles. The van der Waals surface area contributed by atoms with Crippen molar-refractivity contribution in [1.29, 1.82) is 0 Å². The Balaban J connectivity index is 2.38. The van der Waals surface area contributed by atoms with Gasteiger partial charge in [0, 0.05) is 29.6 Å². The Morgan fingerprint density at radius 1 is 1.26 bits per heavy atom. The van der Waals surface area contributed by atoms with Gasteiger partial charge in [0.1, 0.15) is 17.9 Å². The topological polar surface area (TPSA) is 97.5 Å². The van der Waals surface area contributed by atoms with Gasteiger partial charge in [-0.25, -0.2) is 4.79 Å². The standard InChI is InChI=1S/C24H34N2O5/c1-8-12-30-20(27)11-10-17-15(4)18(25-21(17)23(29)31-24(5,6)7)13-19-14(3)16(9-2)22(28)26-19/h8,13-14,16,25H,1,9-12H2,2-7H3,(H,26,28)/b19-13+. The van der Waals surface area contributed by atoms with Gasteiger partial charge in [-0.05, 0) is 57.7 Å². The lowest BCUT2D eigenvalue weighted by Crippen LogP contribution is -2.24. The fourth-order valence-corrected chi connectivity index (χ4v) is 3.72. The van der Waals surface area contributed by atoms with E-state index in [0.717, 1.165) is 17.7 Å². The summed E-state index contributed by atoms with van der Waals surface area (Å²) in [6.45, 7) is 15.0. The average molecular weight is 431 g/mol. The van der Waals surface area contributed by atoms with Crippen LogP contribution in [0.2, 0.25) is 0 Å². The molecule has 0 spiro atoms. The van der Waals surface area contributed by atoms with Crippen molar-refractivity contribution in [3.8, 4) is 0 Å². The van der Waals surface area contributed by atoms with Gasteiger partial charge in [-0.2, -0.15) is 0 Å². The lowest BCUT2D eigenvalue weighted by Gasteiger charge is -2.19. The van der Waals surface area contributed by atoms with Crippen LogP contribution in [0.25, 0.3) is 6.08 Å². The van der Waals surface area contributed by atoms with Gasteiger partial charge in [-0.1, -0.05) is 26.5 Å². The molecule has 1 aliphatic heterocycles. The Hall–Kier alpha value is -2.83. The number of rotatable bonds is 8. The SMILES string of the molecule is C=CCOC(=O)CCc1c(C(=O)OC(C)(C)C)[nH]c(/C=C2/NC(=O)C(CC)C2C)c1C. The van der Waals surface area contributed by atoms with Crippen molar-refractivity contribution >= 4 is 23.9 Å². The summed E-state index contributed by atoms with van der Waals surface area (Å²) in [5.41, 5.74) is 2.74. The van der Waals surface area contributed by atoms with Gasteiger partial charge in [0.25, 0.3) is 0 Å². The van der Waals surface area contributed by atoms with E-state index in [-0.39, 0.29) is 36.7 Å². The summed E-state index contributed by atoms with van der Waals surface area (Å²) in [6.07, 6.45) is 4.60. The molecule has 0 aliphatic carbocycles. The first-order valence-corrected chi connectivity index (χ1v) is 10.7. The zero-order valence-corrected chi connectivity index (χ0v) is 19.4. The Morgan fingerprint density at radius 2 is 1.94 bits per heavy atom. The largest absolute Gasteiger partial charge is 0.461 e. The molecule has 1 amide bonds. The van der Waals surface area contributed by atoms with Gasteiger partial charge in [-0.3, -0.25) is 9.59 Å². The number of carbonyl (C=O) groups excluding carboxylic acids is 3. The molecule has 2 N–H and O–H groups in total. The highest BCUT2D eigenvalue weighted by Gasteiger charge is 2.34. The van der Waals surface area contributed by atoms with Crippen LogP contribution in [-0.4, -0.2) is 35.0 Å². The highest BCUT2D eigenvalue weighted by molar-refractivity contribution is 5.91. The molecule has 7 heteroatoms. The third-order valence-corrected chi connectivity index (χ3v) is 5.40. The first kappa shape index (κ1) is 24.4. The minimum absolute atomic E-state index is 0.0167. The zero-order chi connectivity index (χ0) is 23.3. The molecule has 170 valence electrons. The van der Waals surface area contributed by atoms with Crippen molar-refractivity contribution in [3.63, 3.8) is 0 Å². The third kappa shape index (κ3) is 6.09. The molecular weight excluding hydrogens is 396 g/mol. The Labute approximate surface area is 184 Å². The lowest BCUT2D eigenvalue weighted by molar-refractivity contribution is -0.142. The van der Waals surface area contributed by atoms with E-state index in [1.165, 1.54) is 6.08 Å². The summed E-state index contributed by atoms with van der Waals surface area (Å²) < 4.78 is 10.6. The molecular formula is C24H34N2O5. The number of hydrogen-bond acceptors (Lipinski definition) is 5.